The number of aromatic amines is 1. The Morgan fingerprint density at radius 2 is 1.70 bits per heavy atom. The van der Waals surface area contributed by atoms with E-state index in [1.165, 1.54) is 12.1 Å². The van der Waals surface area contributed by atoms with Crippen LogP contribution in [-0.2, 0) is 20.6 Å². The van der Waals surface area contributed by atoms with Crippen molar-refractivity contribution in [1.29, 1.82) is 0 Å². The lowest BCUT2D eigenvalue weighted by Crippen LogP contribution is -2.42. The number of aromatic nitrogens is 1. The van der Waals surface area contributed by atoms with Gasteiger partial charge in [-0.15, -0.1) is 11.8 Å². The van der Waals surface area contributed by atoms with Crippen molar-refractivity contribution in [2.45, 2.75) is 48.1 Å². The van der Waals surface area contributed by atoms with Crippen molar-refractivity contribution in [3.63, 3.8) is 0 Å². The first kappa shape index (κ1) is 29.8. The minimum absolute atomic E-state index is 0.0562. The fourth-order valence-corrected chi connectivity index (χ4v) is 11.5. The molecular formula is C33H30F3N3O5S2. The Balaban J connectivity index is 1.11. The molecule has 13 heteroatoms. The predicted molar refractivity (Wildman–Crippen MR) is 165 cm³/mol. The van der Waals surface area contributed by atoms with E-state index in [1.807, 2.05) is 23.1 Å². The maximum Gasteiger partial charge on any atom is 0.416 e. The van der Waals surface area contributed by atoms with Crippen molar-refractivity contribution < 1.29 is 32.3 Å². The molecule has 4 fully saturated rings. The normalized spacial score (nSPS) is 29.9. The first-order valence-electron chi connectivity index (χ1n) is 15.6. The summed E-state index contributed by atoms with van der Waals surface area (Å²) in [5.74, 6) is -2.39. The third-order valence-electron chi connectivity index (χ3n) is 10.4. The molecule has 2 bridgehead atoms. The number of H-pyrrole nitrogens is 1. The van der Waals surface area contributed by atoms with Crippen molar-refractivity contribution in [2.24, 2.45) is 29.6 Å². The van der Waals surface area contributed by atoms with E-state index in [2.05, 4.69) is 4.98 Å². The first-order valence-corrected chi connectivity index (χ1v) is 17.2. The van der Waals surface area contributed by atoms with E-state index < -0.39 is 35.4 Å². The number of hydrogen-bond acceptors (Lipinski definition) is 7. The first-order chi connectivity index (χ1) is 22.1. The van der Waals surface area contributed by atoms with E-state index in [0.29, 0.717) is 12.2 Å². The molecule has 5 aliphatic rings. The van der Waals surface area contributed by atoms with Gasteiger partial charge >= 0.3 is 11.0 Å². The third-order valence-corrected chi connectivity index (χ3v) is 13.0. The summed E-state index contributed by atoms with van der Waals surface area (Å²) < 4.78 is 46.5. The number of nitrogens with zero attached hydrogens (tertiary/aromatic N) is 2. The number of hydrogen-bond donors (Lipinski definition) is 1. The second kappa shape index (κ2) is 11.0. The molecule has 3 aliphatic heterocycles. The molecule has 2 saturated carbocycles. The van der Waals surface area contributed by atoms with Gasteiger partial charge in [-0.1, -0.05) is 29.5 Å². The molecule has 3 amide bonds. The number of fused-ring (bicyclic) bond motifs is 9. The van der Waals surface area contributed by atoms with Gasteiger partial charge in [0.1, 0.15) is 5.75 Å². The highest BCUT2D eigenvalue weighted by molar-refractivity contribution is 8.00. The van der Waals surface area contributed by atoms with Crippen molar-refractivity contribution >= 4 is 46.5 Å². The van der Waals surface area contributed by atoms with E-state index in [1.54, 1.807) is 17.8 Å². The van der Waals surface area contributed by atoms with Crippen LogP contribution in [0, 0.1) is 29.6 Å². The Kier molecular flexibility index (Phi) is 7.13. The van der Waals surface area contributed by atoms with E-state index >= 15 is 0 Å². The predicted octanol–water partition coefficient (Wildman–Crippen LogP) is 5.52. The molecule has 4 unspecified atom stereocenters. The zero-order valence-electron chi connectivity index (χ0n) is 24.5. The van der Waals surface area contributed by atoms with Gasteiger partial charge in [-0.25, -0.2) is 0 Å². The average Bonchev–Trinajstić information content (AvgIpc) is 3.78. The number of alkyl halides is 3. The zero-order valence-corrected chi connectivity index (χ0v) is 26.1. The number of piperidine rings is 1. The molecule has 240 valence electrons. The molecule has 8 rings (SSSR count). The summed E-state index contributed by atoms with van der Waals surface area (Å²) >= 11 is 2.68. The molecule has 1 N–H and O–H groups in total. The third kappa shape index (κ3) is 4.71. The summed E-state index contributed by atoms with van der Waals surface area (Å²) in [6, 6.07) is 11.9. The molecule has 3 aromatic rings. The van der Waals surface area contributed by atoms with Crippen LogP contribution in [0.1, 0.15) is 47.6 Å². The average molecular weight is 670 g/mol. The van der Waals surface area contributed by atoms with Gasteiger partial charge in [-0.05, 0) is 79.3 Å². The van der Waals surface area contributed by atoms with Gasteiger partial charge in [-0.3, -0.25) is 24.1 Å². The number of carbonyl (C=O) groups is 3. The van der Waals surface area contributed by atoms with Crippen LogP contribution in [0.3, 0.4) is 0 Å². The van der Waals surface area contributed by atoms with Crippen molar-refractivity contribution in [1.82, 2.24) is 9.88 Å². The quantitative estimate of drug-likeness (QED) is 0.359. The number of halogens is 3. The van der Waals surface area contributed by atoms with Crippen LogP contribution in [-0.4, -0.2) is 52.6 Å². The second-order valence-electron chi connectivity index (χ2n) is 12.8. The van der Waals surface area contributed by atoms with Crippen LogP contribution in [0.4, 0.5) is 18.9 Å². The summed E-state index contributed by atoms with van der Waals surface area (Å²) in [6.07, 6.45) is -0.860. The Labute approximate surface area is 270 Å². The smallest absolute Gasteiger partial charge is 0.416 e. The number of imide groups is 1. The Bertz CT molecular complexity index is 1800. The molecule has 0 spiro atoms. The number of carbonyl (C=O) groups excluding carboxylic acids is 3. The van der Waals surface area contributed by atoms with Gasteiger partial charge in [0.25, 0.3) is 5.91 Å². The van der Waals surface area contributed by atoms with Crippen molar-refractivity contribution in [3.8, 4) is 5.75 Å². The van der Waals surface area contributed by atoms with Gasteiger partial charge in [-0.2, -0.15) is 13.2 Å². The zero-order chi connectivity index (χ0) is 31.9. The van der Waals surface area contributed by atoms with Gasteiger partial charge in [0, 0.05) is 29.1 Å². The topological polar surface area (TPSA) is 99.8 Å². The number of anilines is 1. The summed E-state index contributed by atoms with van der Waals surface area (Å²) in [7, 11) is 0. The van der Waals surface area contributed by atoms with Crippen LogP contribution in [0.15, 0.2) is 58.4 Å². The summed E-state index contributed by atoms with van der Waals surface area (Å²) in [4.78, 5) is 59.6. The monoisotopic (exact) mass is 669 g/mol. The Hall–Kier alpha value is -3.58. The van der Waals surface area contributed by atoms with Crippen molar-refractivity contribution in [3.05, 3.63) is 74.2 Å². The van der Waals surface area contributed by atoms with Crippen LogP contribution in [0.5, 0.6) is 5.75 Å². The molecule has 1 aromatic heterocycles. The van der Waals surface area contributed by atoms with Crippen LogP contribution in [0.2, 0.25) is 0 Å². The van der Waals surface area contributed by atoms with Gasteiger partial charge < -0.3 is 14.6 Å². The number of rotatable bonds is 5. The fourth-order valence-electron chi connectivity index (χ4n) is 8.64. The Morgan fingerprint density at radius 1 is 0.957 bits per heavy atom. The van der Waals surface area contributed by atoms with E-state index in [9.17, 15) is 32.3 Å². The molecular weight excluding hydrogens is 640 g/mol. The minimum Gasteiger partial charge on any atom is -0.484 e. The number of thioether (sulfide) groups is 1. The van der Waals surface area contributed by atoms with Gasteiger partial charge in [0.05, 0.1) is 28.1 Å². The van der Waals surface area contributed by atoms with Crippen LogP contribution >= 0.6 is 23.1 Å². The lowest BCUT2D eigenvalue weighted by Gasteiger charge is -2.43. The number of likely N-dealkylation sites (tertiary alicyclic amines) is 1. The SMILES string of the molecule is O=C(COc1cccc([C@H]2c3sc(=O)[nH]c3SC3C2[C@H]2C[C@@H]3C3C(=O)N(c4cccc(C(F)(F)F)c4)C(=O)C32)c1)N1CCCCC1. The standard InChI is InChI=1S/C33H30F3N3O5S2/c34-33(35,36)17-7-5-8-18(13-17)39-30(41)25-20-14-21(26(25)31(39)42)27-24(20)23(28-29(45-27)37-32(43)46-28)16-6-4-9-19(12-16)44-15-22(40)38-10-2-1-3-11-38/h4-9,12-13,20-21,23-27H,1-3,10-11,14-15H2,(H,37,43)/t20-,21-,23-,24?,25?,26?,27?/m1/s1. The largest absolute Gasteiger partial charge is 0.484 e. The summed E-state index contributed by atoms with van der Waals surface area (Å²) in [5, 5.41) is 0.681. The number of ether oxygens (including phenoxy) is 1. The molecule has 2 saturated heterocycles. The van der Waals surface area contributed by atoms with E-state index in [-0.39, 0.29) is 52.0 Å². The highest BCUT2D eigenvalue weighted by Gasteiger charge is 2.69. The summed E-state index contributed by atoms with van der Waals surface area (Å²) in [6.45, 7) is 1.39. The molecule has 8 nitrogen and oxygen atoms in total. The maximum absolute atomic E-state index is 14.0. The lowest BCUT2D eigenvalue weighted by molar-refractivity contribution is -0.137. The van der Waals surface area contributed by atoms with Gasteiger partial charge in [0.2, 0.25) is 11.8 Å². The number of nitrogens with one attached hydrogen (secondary N) is 1. The maximum atomic E-state index is 14.0. The number of thiazole rings is 1. The highest BCUT2D eigenvalue weighted by atomic mass is 32.2. The molecule has 46 heavy (non-hydrogen) atoms. The number of amides is 3. The van der Waals surface area contributed by atoms with Crippen LogP contribution in [0.25, 0.3) is 0 Å². The molecule has 2 aliphatic carbocycles. The highest BCUT2D eigenvalue weighted by Crippen LogP contribution is 2.68. The second-order valence-corrected chi connectivity index (χ2v) is 15.0. The molecule has 7 atom stereocenters. The molecule has 2 aromatic carbocycles. The lowest BCUT2D eigenvalue weighted by atomic mass is 9.68. The van der Waals surface area contributed by atoms with Crippen LogP contribution < -0.4 is 14.5 Å². The van der Waals surface area contributed by atoms with E-state index in [0.717, 1.165) is 76.2 Å². The Morgan fingerprint density at radius 3 is 2.46 bits per heavy atom. The minimum atomic E-state index is -4.61. The fraction of sp³-hybridized carbons (Fsp3) is 0.455. The number of benzene rings is 2. The van der Waals surface area contributed by atoms with E-state index in [4.69, 9.17) is 4.74 Å². The molecule has 4 heterocycles. The van der Waals surface area contributed by atoms with Crippen molar-refractivity contribution in [2.75, 3.05) is 24.6 Å². The van der Waals surface area contributed by atoms with Gasteiger partial charge in [0.15, 0.2) is 6.61 Å². The summed E-state index contributed by atoms with van der Waals surface area (Å²) in [5.41, 5.74) is -0.0773. The molecule has 0 radical (unpaired) electrons.